The van der Waals surface area contributed by atoms with Crippen LogP contribution in [0.3, 0.4) is 0 Å². The van der Waals surface area contributed by atoms with E-state index in [4.69, 9.17) is 4.74 Å². The van der Waals surface area contributed by atoms with Crippen molar-refractivity contribution in [1.82, 2.24) is 10.2 Å². The summed E-state index contributed by atoms with van der Waals surface area (Å²) in [6, 6.07) is 0.978. The van der Waals surface area contributed by atoms with Crippen LogP contribution in [-0.4, -0.2) is 49.7 Å². The lowest BCUT2D eigenvalue weighted by molar-refractivity contribution is -0.147. The molecule has 0 spiro atoms. The van der Waals surface area contributed by atoms with Crippen LogP contribution in [0.1, 0.15) is 39.5 Å². The van der Waals surface area contributed by atoms with Gasteiger partial charge in [-0.2, -0.15) is 0 Å². The Labute approximate surface area is 116 Å². The normalized spacial score (nSPS) is 27.1. The molecule has 110 valence electrons. The highest BCUT2D eigenvalue weighted by Crippen LogP contribution is 2.32. The van der Waals surface area contributed by atoms with Gasteiger partial charge in [0.25, 0.3) is 0 Å². The van der Waals surface area contributed by atoms with E-state index in [0.29, 0.717) is 6.04 Å². The van der Waals surface area contributed by atoms with Crippen LogP contribution in [-0.2, 0) is 9.53 Å². The maximum absolute atomic E-state index is 11.7. The van der Waals surface area contributed by atoms with Crippen molar-refractivity contribution < 1.29 is 9.53 Å². The molecule has 1 N–H and O–H groups in total. The summed E-state index contributed by atoms with van der Waals surface area (Å²) in [5.74, 6) is 0.615. The molecule has 2 fully saturated rings. The van der Waals surface area contributed by atoms with Crippen LogP contribution < -0.4 is 5.32 Å². The average Bonchev–Trinajstić information content (AvgIpc) is 3.28. The summed E-state index contributed by atoms with van der Waals surface area (Å²) in [6.07, 6.45) is 5.18. The van der Waals surface area contributed by atoms with Crippen LogP contribution in [0.4, 0.5) is 0 Å². The number of carbonyl (C=O) groups excluding carboxylic acids is 1. The standard InChI is InChI=1S/C15H28N2O2/c1-11(15(18)19-3)12(2)17(14-6-7-14)10-13-5-4-8-16-9-13/h11-14,16H,4-10H2,1-3H3. The number of hydrogen-bond acceptors (Lipinski definition) is 4. The summed E-state index contributed by atoms with van der Waals surface area (Å²) in [6.45, 7) is 7.58. The van der Waals surface area contributed by atoms with Gasteiger partial charge in [-0.25, -0.2) is 0 Å². The maximum atomic E-state index is 11.7. The predicted molar refractivity (Wildman–Crippen MR) is 76.0 cm³/mol. The zero-order chi connectivity index (χ0) is 13.8. The third-order valence-electron chi connectivity index (χ3n) is 4.70. The fourth-order valence-corrected chi connectivity index (χ4v) is 3.10. The lowest BCUT2D eigenvalue weighted by Gasteiger charge is -2.36. The number of esters is 1. The van der Waals surface area contributed by atoms with E-state index < -0.39 is 0 Å². The fraction of sp³-hybridized carbons (Fsp3) is 0.933. The molecule has 0 aromatic rings. The van der Waals surface area contributed by atoms with E-state index in [0.717, 1.165) is 25.6 Å². The Morgan fingerprint density at radius 1 is 1.37 bits per heavy atom. The van der Waals surface area contributed by atoms with Crippen molar-refractivity contribution in [3.63, 3.8) is 0 Å². The van der Waals surface area contributed by atoms with E-state index in [2.05, 4.69) is 17.1 Å². The van der Waals surface area contributed by atoms with Gasteiger partial charge in [-0.1, -0.05) is 6.92 Å². The molecule has 1 heterocycles. The Morgan fingerprint density at radius 3 is 2.63 bits per heavy atom. The summed E-state index contributed by atoms with van der Waals surface area (Å²) in [7, 11) is 1.48. The molecule has 2 aliphatic rings. The fourth-order valence-electron chi connectivity index (χ4n) is 3.10. The molecular weight excluding hydrogens is 240 g/mol. The van der Waals surface area contributed by atoms with Gasteiger partial charge in [0, 0.05) is 18.6 Å². The number of carbonyl (C=O) groups is 1. The molecule has 19 heavy (non-hydrogen) atoms. The molecule has 0 bridgehead atoms. The molecule has 1 saturated carbocycles. The monoisotopic (exact) mass is 268 g/mol. The summed E-state index contributed by atoms with van der Waals surface area (Å²) in [5, 5.41) is 3.48. The van der Waals surface area contributed by atoms with Crippen LogP contribution in [0.2, 0.25) is 0 Å². The highest BCUT2D eigenvalue weighted by molar-refractivity contribution is 5.72. The van der Waals surface area contributed by atoms with Crippen molar-refractivity contribution in [2.24, 2.45) is 11.8 Å². The van der Waals surface area contributed by atoms with Crippen LogP contribution in [0.25, 0.3) is 0 Å². The second-order valence-electron chi connectivity index (χ2n) is 6.19. The minimum atomic E-state index is -0.0834. The topological polar surface area (TPSA) is 41.6 Å². The highest BCUT2D eigenvalue weighted by atomic mass is 16.5. The van der Waals surface area contributed by atoms with Crippen molar-refractivity contribution >= 4 is 5.97 Å². The molecule has 1 aliphatic carbocycles. The van der Waals surface area contributed by atoms with Crippen molar-refractivity contribution in [2.45, 2.75) is 51.6 Å². The molecule has 3 atom stereocenters. The summed E-state index contributed by atoms with van der Waals surface area (Å²) in [5.41, 5.74) is 0. The number of nitrogens with one attached hydrogen (secondary N) is 1. The second-order valence-corrected chi connectivity index (χ2v) is 6.19. The Hall–Kier alpha value is -0.610. The van der Waals surface area contributed by atoms with E-state index in [-0.39, 0.29) is 17.9 Å². The predicted octanol–water partition coefficient (Wildman–Crippen LogP) is 1.65. The smallest absolute Gasteiger partial charge is 0.309 e. The second kappa shape index (κ2) is 6.71. The zero-order valence-corrected chi connectivity index (χ0v) is 12.5. The Morgan fingerprint density at radius 2 is 2.11 bits per heavy atom. The van der Waals surface area contributed by atoms with Crippen LogP contribution >= 0.6 is 0 Å². The van der Waals surface area contributed by atoms with Gasteiger partial charge in [0.15, 0.2) is 0 Å². The summed E-state index contributed by atoms with van der Waals surface area (Å²) < 4.78 is 4.90. The quantitative estimate of drug-likeness (QED) is 0.744. The Kier molecular flexibility index (Phi) is 5.22. The van der Waals surface area contributed by atoms with Gasteiger partial charge in [0.1, 0.15) is 0 Å². The van der Waals surface area contributed by atoms with Crippen molar-refractivity contribution in [2.75, 3.05) is 26.7 Å². The molecule has 1 aliphatic heterocycles. The Balaban J connectivity index is 1.92. The van der Waals surface area contributed by atoms with Crippen molar-refractivity contribution in [1.29, 1.82) is 0 Å². The van der Waals surface area contributed by atoms with Gasteiger partial charge in [-0.3, -0.25) is 9.69 Å². The molecule has 3 unspecified atom stereocenters. The van der Waals surface area contributed by atoms with E-state index >= 15 is 0 Å². The number of piperidine rings is 1. The number of nitrogens with zero attached hydrogens (tertiary/aromatic N) is 1. The SMILES string of the molecule is COC(=O)C(C)C(C)N(CC1CCCNC1)C1CC1. The first-order valence-corrected chi connectivity index (χ1v) is 7.67. The molecule has 0 aromatic heterocycles. The lowest BCUT2D eigenvalue weighted by Crippen LogP contribution is -2.47. The molecule has 0 radical (unpaired) electrons. The van der Waals surface area contributed by atoms with E-state index in [9.17, 15) is 4.79 Å². The summed E-state index contributed by atoms with van der Waals surface area (Å²) in [4.78, 5) is 14.3. The third-order valence-corrected chi connectivity index (χ3v) is 4.70. The van der Waals surface area contributed by atoms with Crippen LogP contribution in [0.15, 0.2) is 0 Å². The van der Waals surface area contributed by atoms with Crippen molar-refractivity contribution in [3.05, 3.63) is 0 Å². The molecule has 0 amide bonds. The van der Waals surface area contributed by atoms with Gasteiger partial charge < -0.3 is 10.1 Å². The first-order valence-electron chi connectivity index (χ1n) is 7.67. The van der Waals surface area contributed by atoms with E-state index in [1.165, 1.54) is 32.8 Å². The van der Waals surface area contributed by atoms with Gasteiger partial charge in [-0.05, 0) is 51.6 Å². The van der Waals surface area contributed by atoms with Gasteiger partial charge in [0.05, 0.1) is 13.0 Å². The van der Waals surface area contributed by atoms with Crippen molar-refractivity contribution in [3.8, 4) is 0 Å². The molecule has 4 nitrogen and oxygen atoms in total. The van der Waals surface area contributed by atoms with Gasteiger partial charge in [0.2, 0.25) is 0 Å². The average molecular weight is 268 g/mol. The molecule has 2 rings (SSSR count). The maximum Gasteiger partial charge on any atom is 0.309 e. The minimum Gasteiger partial charge on any atom is -0.469 e. The minimum absolute atomic E-state index is 0.0397. The summed E-state index contributed by atoms with van der Waals surface area (Å²) >= 11 is 0. The molecule has 1 saturated heterocycles. The van der Waals surface area contributed by atoms with Gasteiger partial charge >= 0.3 is 5.97 Å². The third kappa shape index (κ3) is 3.93. The number of methoxy groups -OCH3 is 1. The number of rotatable bonds is 6. The number of hydrogen-bond donors (Lipinski definition) is 1. The zero-order valence-electron chi connectivity index (χ0n) is 12.5. The van der Waals surface area contributed by atoms with E-state index in [1.54, 1.807) is 0 Å². The first-order chi connectivity index (χ1) is 9.13. The van der Waals surface area contributed by atoms with Crippen LogP contribution in [0, 0.1) is 11.8 Å². The largest absolute Gasteiger partial charge is 0.469 e. The molecule has 4 heteroatoms. The highest BCUT2D eigenvalue weighted by Gasteiger charge is 2.37. The van der Waals surface area contributed by atoms with Gasteiger partial charge in [-0.15, -0.1) is 0 Å². The first kappa shape index (κ1) is 14.8. The molecular formula is C15H28N2O2. The van der Waals surface area contributed by atoms with E-state index in [1.807, 2.05) is 6.92 Å². The lowest BCUT2D eigenvalue weighted by atomic mass is 9.96. The van der Waals surface area contributed by atoms with Crippen LogP contribution in [0.5, 0.6) is 0 Å². The molecule has 0 aromatic carbocycles. The number of ether oxygens (including phenoxy) is 1. The Bertz CT molecular complexity index is 299.